The molecule has 0 aliphatic carbocycles. The largest absolute Gasteiger partial charge is 0.490 e. The molecule has 1 saturated heterocycles. The first-order valence-corrected chi connectivity index (χ1v) is 8.16. The van der Waals surface area contributed by atoms with Crippen LogP contribution < -0.4 is 14.9 Å². The van der Waals surface area contributed by atoms with Crippen molar-refractivity contribution in [1.82, 2.24) is 5.43 Å². The summed E-state index contributed by atoms with van der Waals surface area (Å²) < 4.78 is 21.9. The van der Waals surface area contributed by atoms with Crippen molar-refractivity contribution in [2.45, 2.75) is 26.1 Å². The maximum absolute atomic E-state index is 11.9. The molecule has 7 nitrogen and oxygen atoms in total. The molecule has 1 aromatic carbocycles. The van der Waals surface area contributed by atoms with Gasteiger partial charge in [-0.15, -0.1) is 0 Å². The number of benzene rings is 1. The van der Waals surface area contributed by atoms with E-state index in [1.54, 1.807) is 25.1 Å². The highest BCUT2D eigenvalue weighted by Gasteiger charge is 2.33. The second-order valence-electron chi connectivity index (χ2n) is 5.54. The summed E-state index contributed by atoms with van der Waals surface area (Å²) in [6.45, 7) is 9.15. The molecule has 0 unspecified atom stereocenters. The minimum Gasteiger partial charge on any atom is -0.490 e. The molecule has 1 aliphatic rings. The lowest BCUT2D eigenvalue weighted by atomic mass is 10.2. The Kier molecular flexibility index (Phi) is 6.97. The van der Waals surface area contributed by atoms with Gasteiger partial charge in [0.1, 0.15) is 6.61 Å². The molecule has 25 heavy (non-hydrogen) atoms. The Morgan fingerprint density at radius 1 is 1.36 bits per heavy atom. The molecule has 0 radical (unpaired) electrons. The smallest absolute Gasteiger partial charge is 0.245 e. The van der Waals surface area contributed by atoms with Gasteiger partial charge in [-0.25, -0.2) is 5.43 Å². The van der Waals surface area contributed by atoms with Crippen LogP contribution in [0.25, 0.3) is 0 Å². The maximum Gasteiger partial charge on any atom is 0.245 e. The second-order valence-corrected chi connectivity index (χ2v) is 5.54. The van der Waals surface area contributed by atoms with E-state index in [1.165, 1.54) is 6.21 Å². The maximum atomic E-state index is 11.9. The molecule has 0 spiro atoms. The third kappa shape index (κ3) is 5.88. The third-order valence-electron chi connectivity index (χ3n) is 3.41. The summed E-state index contributed by atoms with van der Waals surface area (Å²) in [6, 6.07) is 5.40. The highest BCUT2D eigenvalue weighted by Crippen LogP contribution is 2.28. The summed E-state index contributed by atoms with van der Waals surface area (Å²) >= 11 is 0. The number of hydrogen-bond donors (Lipinski definition) is 1. The van der Waals surface area contributed by atoms with Crippen molar-refractivity contribution in [2.75, 3.05) is 26.4 Å². The van der Waals surface area contributed by atoms with E-state index in [0.29, 0.717) is 37.9 Å². The average molecular weight is 348 g/mol. The standard InChI is InChI=1S/C18H24N2O5/c1-4-8-23-15-7-6-14(11-16(15)22-5-2)13-19-20-17(21)12-18(3)24-9-10-25-18/h4,6-7,11,13H,1,5,8-10,12H2,2-3H3,(H,20,21)/b19-13-. The summed E-state index contributed by atoms with van der Waals surface area (Å²) in [6.07, 6.45) is 3.29. The molecule has 1 heterocycles. The predicted molar refractivity (Wildman–Crippen MR) is 94.0 cm³/mol. The summed E-state index contributed by atoms with van der Waals surface area (Å²) in [5.41, 5.74) is 3.24. The molecule has 0 bridgehead atoms. The van der Waals surface area contributed by atoms with Crippen LogP contribution in [0.5, 0.6) is 11.5 Å². The minimum atomic E-state index is -0.869. The third-order valence-corrected chi connectivity index (χ3v) is 3.41. The van der Waals surface area contributed by atoms with E-state index >= 15 is 0 Å². The fourth-order valence-corrected chi connectivity index (χ4v) is 2.31. The molecule has 0 saturated carbocycles. The lowest BCUT2D eigenvalue weighted by Gasteiger charge is -2.20. The number of ether oxygens (including phenoxy) is 4. The van der Waals surface area contributed by atoms with Crippen LogP contribution in [-0.2, 0) is 14.3 Å². The Balaban J connectivity index is 1.94. The fraction of sp³-hybridized carbons (Fsp3) is 0.444. The number of carbonyl (C=O) groups is 1. The van der Waals surface area contributed by atoms with Crippen molar-refractivity contribution in [2.24, 2.45) is 5.10 Å². The predicted octanol–water partition coefficient (Wildman–Crippen LogP) is 2.25. The first-order chi connectivity index (χ1) is 12.1. The Morgan fingerprint density at radius 2 is 2.12 bits per heavy atom. The van der Waals surface area contributed by atoms with Gasteiger partial charge in [-0.05, 0) is 37.6 Å². The van der Waals surface area contributed by atoms with Crippen LogP contribution in [0.4, 0.5) is 0 Å². The Morgan fingerprint density at radius 3 is 2.80 bits per heavy atom. The van der Waals surface area contributed by atoms with Crippen LogP contribution in [0.1, 0.15) is 25.8 Å². The van der Waals surface area contributed by atoms with Crippen molar-refractivity contribution >= 4 is 12.1 Å². The molecule has 2 rings (SSSR count). The molecule has 1 amide bonds. The lowest BCUT2D eigenvalue weighted by Crippen LogP contribution is -2.33. The number of carbonyl (C=O) groups excluding carboxylic acids is 1. The Labute approximate surface area is 147 Å². The summed E-state index contributed by atoms with van der Waals surface area (Å²) in [5.74, 6) is 0.0919. The molecule has 1 aliphatic heterocycles. The van der Waals surface area contributed by atoms with Crippen molar-refractivity contribution < 1.29 is 23.7 Å². The molecule has 136 valence electrons. The molecule has 0 aromatic heterocycles. The van der Waals surface area contributed by atoms with E-state index in [1.807, 2.05) is 13.0 Å². The van der Waals surface area contributed by atoms with Crippen LogP contribution >= 0.6 is 0 Å². The van der Waals surface area contributed by atoms with Gasteiger partial charge < -0.3 is 18.9 Å². The topological polar surface area (TPSA) is 78.4 Å². The molecule has 7 heteroatoms. The molecule has 0 atom stereocenters. The van der Waals surface area contributed by atoms with Gasteiger partial charge >= 0.3 is 0 Å². The first kappa shape index (κ1) is 19.0. The van der Waals surface area contributed by atoms with E-state index in [-0.39, 0.29) is 12.3 Å². The molecule has 1 aromatic rings. The van der Waals surface area contributed by atoms with Gasteiger partial charge in [0.05, 0.1) is 32.5 Å². The SMILES string of the molecule is C=CCOc1ccc(/C=N\NC(=O)CC2(C)OCCO2)cc1OCC. The van der Waals surface area contributed by atoms with E-state index < -0.39 is 5.79 Å². The van der Waals surface area contributed by atoms with Crippen molar-refractivity contribution in [3.05, 3.63) is 36.4 Å². The van der Waals surface area contributed by atoms with Gasteiger partial charge in [0.2, 0.25) is 5.91 Å². The number of rotatable bonds is 9. The van der Waals surface area contributed by atoms with E-state index in [9.17, 15) is 4.79 Å². The quantitative estimate of drug-likeness (QED) is 0.421. The van der Waals surface area contributed by atoms with Gasteiger partial charge in [0, 0.05) is 0 Å². The Bertz CT molecular complexity index is 624. The summed E-state index contributed by atoms with van der Waals surface area (Å²) in [4.78, 5) is 11.9. The highest BCUT2D eigenvalue weighted by molar-refractivity contribution is 5.83. The van der Waals surface area contributed by atoms with E-state index in [0.717, 1.165) is 5.56 Å². The van der Waals surface area contributed by atoms with Crippen molar-refractivity contribution in [1.29, 1.82) is 0 Å². The second kappa shape index (κ2) is 9.19. The number of hydrazone groups is 1. The molecular weight excluding hydrogens is 324 g/mol. The summed E-state index contributed by atoms with van der Waals surface area (Å²) in [7, 11) is 0. The van der Waals surface area contributed by atoms with Gasteiger partial charge in [-0.3, -0.25) is 4.79 Å². The van der Waals surface area contributed by atoms with Gasteiger partial charge in [-0.2, -0.15) is 5.10 Å². The number of nitrogens with zero attached hydrogens (tertiary/aromatic N) is 1. The lowest BCUT2D eigenvalue weighted by molar-refractivity contribution is -0.159. The monoisotopic (exact) mass is 348 g/mol. The molecule has 1 N–H and O–H groups in total. The van der Waals surface area contributed by atoms with Crippen LogP contribution in [0, 0.1) is 0 Å². The highest BCUT2D eigenvalue weighted by atomic mass is 16.7. The normalized spacial score (nSPS) is 15.9. The zero-order valence-electron chi connectivity index (χ0n) is 14.6. The van der Waals surface area contributed by atoms with Gasteiger partial charge in [0.25, 0.3) is 0 Å². The number of hydrogen-bond acceptors (Lipinski definition) is 6. The van der Waals surface area contributed by atoms with E-state index in [2.05, 4.69) is 17.1 Å². The minimum absolute atomic E-state index is 0.0862. The van der Waals surface area contributed by atoms with Crippen LogP contribution in [0.15, 0.2) is 36.0 Å². The van der Waals surface area contributed by atoms with Crippen LogP contribution in [0.2, 0.25) is 0 Å². The molecular formula is C18H24N2O5. The summed E-state index contributed by atoms with van der Waals surface area (Å²) in [5, 5.41) is 3.96. The van der Waals surface area contributed by atoms with E-state index in [4.69, 9.17) is 18.9 Å². The number of amides is 1. The zero-order chi connectivity index (χ0) is 18.1. The molecule has 1 fully saturated rings. The first-order valence-electron chi connectivity index (χ1n) is 8.16. The van der Waals surface area contributed by atoms with Crippen molar-refractivity contribution in [3.8, 4) is 11.5 Å². The van der Waals surface area contributed by atoms with Gasteiger partial charge in [-0.1, -0.05) is 12.7 Å². The fourth-order valence-electron chi connectivity index (χ4n) is 2.31. The zero-order valence-corrected chi connectivity index (χ0v) is 14.6. The Hall–Kier alpha value is -2.38. The average Bonchev–Trinajstić information content (AvgIpc) is 3.00. The number of nitrogens with one attached hydrogen (secondary N) is 1. The van der Waals surface area contributed by atoms with Crippen LogP contribution in [-0.4, -0.2) is 44.3 Å². The van der Waals surface area contributed by atoms with Gasteiger partial charge in [0.15, 0.2) is 17.3 Å². The van der Waals surface area contributed by atoms with Crippen molar-refractivity contribution in [3.63, 3.8) is 0 Å². The van der Waals surface area contributed by atoms with Crippen LogP contribution in [0.3, 0.4) is 0 Å².